The van der Waals surface area contributed by atoms with Gasteiger partial charge in [0.2, 0.25) is 0 Å². The van der Waals surface area contributed by atoms with E-state index in [1.807, 2.05) is 0 Å². The molecule has 0 aliphatic carbocycles. The number of rotatable bonds is 4. The number of aliphatic hydroxyl groups excluding tert-OH is 1. The molecule has 122 valence electrons. The van der Waals surface area contributed by atoms with Gasteiger partial charge in [0.05, 0.1) is 6.10 Å². The minimum absolute atomic E-state index is 0.0937. The van der Waals surface area contributed by atoms with E-state index < -0.39 is 0 Å². The summed E-state index contributed by atoms with van der Waals surface area (Å²) >= 11 is 0. The first kappa shape index (κ1) is 15.8. The Morgan fingerprint density at radius 3 is 2.45 bits per heavy atom. The van der Waals surface area contributed by atoms with Crippen molar-refractivity contribution >= 4 is 5.69 Å². The predicted molar refractivity (Wildman–Crippen MR) is 91.1 cm³/mol. The fourth-order valence-corrected chi connectivity index (χ4v) is 3.49. The number of nitrogens with one attached hydrogen (secondary N) is 1. The number of likely N-dealkylation sites (tertiary alicyclic amines) is 2. The van der Waals surface area contributed by atoms with Crippen LogP contribution in [0.25, 0.3) is 0 Å². The zero-order chi connectivity index (χ0) is 15.4. The summed E-state index contributed by atoms with van der Waals surface area (Å²) in [7, 11) is 2.20. The fraction of sp³-hybridized carbons (Fsp3) is 0.667. The largest absolute Gasteiger partial charge is 0.393 e. The van der Waals surface area contributed by atoms with Crippen molar-refractivity contribution in [2.75, 3.05) is 38.5 Å². The number of hydrogen-bond acceptors (Lipinski definition) is 4. The van der Waals surface area contributed by atoms with Gasteiger partial charge >= 0.3 is 0 Å². The lowest BCUT2D eigenvalue weighted by atomic mass is 10.0. The Bertz CT molecular complexity index is 420. The normalized spacial score (nSPS) is 22.8. The molecule has 22 heavy (non-hydrogen) atoms. The van der Waals surface area contributed by atoms with E-state index in [-0.39, 0.29) is 6.10 Å². The minimum atomic E-state index is -0.0937. The van der Waals surface area contributed by atoms with Crippen LogP contribution >= 0.6 is 0 Å². The van der Waals surface area contributed by atoms with Crippen LogP contribution in [0.2, 0.25) is 0 Å². The van der Waals surface area contributed by atoms with Gasteiger partial charge in [-0.25, -0.2) is 0 Å². The molecular weight excluding hydrogens is 274 g/mol. The number of aliphatic hydroxyl groups is 1. The van der Waals surface area contributed by atoms with E-state index in [2.05, 4.69) is 46.4 Å². The Morgan fingerprint density at radius 1 is 1.05 bits per heavy atom. The summed E-state index contributed by atoms with van der Waals surface area (Å²) in [6.07, 6.45) is 4.17. The topological polar surface area (TPSA) is 38.7 Å². The van der Waals surface area contributed by atoms with E-state index in [1.165, 1.54) is 37.2 Å². The average molecular weight is 303 g/mol. The number of para-hydroxylation sites is 1. The molecule has 2 aliphatic heterocycles. The zero-order valence-electron chi connectivity index (χ0n) is 13.7. The lowest BCUT2D eigenvalue weighted by Crippen LogP contribution is -2.37. The van der Waals surface area contributed by atoms with E-state index in [0.29, 0.717) is 6.04 Å². The van der Waals surface area contributed by atoms with Crippen molar-refractivity contribution in [3.8, 4) is 0 Å². The Hall–Kier alpha value is -1.10. The van der Waals surface area contributed by atoms with Gasteiger partial charge in [0, 0.05) is 31.4 Å². The summed E-state index contributed by atoms with van der Waals surface area (Å²) in [5, 5.41) is 13.4. The highest BCUT2D eigenvalue weighted by atomic mass is 16.3. The molecule has 2 heterocycles. The van der Waals surface area contributed by atoms with Crippen molar-refractivity contribution < 1.29 is 5.11 Å². The third-order valence-electron chi connectivity index (χ3n) is 5.05. The maximum Gasteiger partial charge on any atom is 0.0564 e. The fourth-order valence-electron chi connectivity index (χ4n) is 3.49. The molecule has 4 heteroatoms. The first-order valence-corrected chi connectivity index (χ1v) is 8.64. The maximum atomic E-state index is 9.64. The molecule has 0 aromatic heterocycles. The molecule has 0 saturated carbocycles. The number of benzene rings is 1. The quantitative estimate of drug-likeness (QED) is 0.894. The van der Waals surface area contributed by atoms with E-state index in [9.17, 15) is 5.11 Å². The van der Waals surface area contributed by atoms with Crippen LogP contribution in [0.3, 0.4) is 0 Å². The molecule has 2 aliphatic rings. The van der Waals surface area contributed by atoms with Crippen molar-refractivity contribution in [2.45, 2.75) is 44.4 Å². The van der Waals surface area contributed by atoms with Crippen LogP contribution < -0.4 is 5.32 Å². The van der Waals surface area contributed by atoms with E-state index in [0.717, 1.165) is 32.5 Å². The molecule has 2 fully saturated rings. The second-order valence-corrected chi connectivity index (χ2v) is 6.89. The van der Waals surface area contributed by atoms with Crippen LogP contribution in [0.5, 0.6) is 0 Å². The van der Waals surface area contributed by atoms with Crippen molar-refractivity contribution in [3.05, 3.63) is 29.8 Å². The number of nitrogens with zero attached hydrogens (tertiary/aromatic N) is 2. The summed E-state index contributed by atoms with van der Waals surface area (Å²) in [5.74, 6) is 0. The molecule has 0 amide bonds. The van der Waals surface area contributed by atoms with Gasteiger partial charge in [0.1, 0.15) is 0 Å². The summed E-state index contributed by atoms with van der Waals surface area (Å²) in [5.41, 5.74) is 2.68. The van der Waals surface area contributed by atoms with E-state index in [4.69, 9.17) is 0 Å². The Labute approximate surface area is 134 Å². The second-order valence-electron chi connectivity index (χ2n) is 6.89. The Kier molecular flexibility index (Phi) is 5.34. The minimum Gasteiger partial charge on any atom is -0.393 e. The summed E-state index contributed by atoms with van der Waals surface area (Å²) in [6, 6.07) is 9.31. The molecular formula is C18H29N3O. The molecule has 4 nitrogen and oxygen atoms in total. The molecule has 0 bridgehead atoms. The molecule has 2 N–H and O–H groups in total. The molecule has 2 saturated heterocycles. The Balaban J connectivity index is 1.60. The Morgan fingerprint density at radius 2 is 1.73 bits per heavy atom. The van der Waals surface area contributed by atoms with Crippen LogP contribution in [-0.2, 0) is 6.54 Å². The van der Waals surface area contributed by atoms with Gasteiger partial charge in [-0.2, -0.15) is 0 Å². The highest BCUT2D eigenvalue weighted by Gasteiger charge is 2.20. The molecule has 0 radical (unpaired) electrons. The van der Waals surface area contributed by atoms with Crippen molar-refractivity contribution in [1.29, 1.82) is 0 Å². The third-order valence-corrected chi connectivity index (χ3v) is 5.05. The number of hydrogen-bond donors (Lipinski definition) is 2. The lowest BCUT2D eigenvalue weighted by molar-refractivity contribution is 0.0793. The van der Waals surface area contributed by atoms with Crippen molar-refractivity contribution in [1.82, 2.24) is 9.80 Å². The summed E-state index contributed by atoms with van der Waals surface area (Å²) in [6.45, 7) is 5.36. The van der Waals surface area contributed by atoms with E-state index >= 15 is 0 Å². The number of anilines is 1. The van der Waals surface area contributed by atoms with Gasteiger partial charge < -0.3 is 15.3 Å². The first-order chi connectivity index (χ1) is 10.7. The highest BCUT2D eigenvalue weighted by Crippen LogP contribution is 2.23. The van der Waals surface area contributed by atoms with Crippen LogP contribution in [0, 0.1) is 0 Å². The SMILES string of the molecule is CN1CCC(Nc2ccccc2CN2CCC(O)CC2)CC1. The third kappa shape index (κ3) is 4.22. The smallest absolute Gasteiger partial charge is 0.0564 e. The monoisotopic (exact) mass is 303 g/mol. The van der Waals surface area contributed by atoms with Crippen LogP contribution in [-0.4, -0.2) is 60.3 Å². The zero-order valence-corrected chi connectivity index (χ0v) is 13.7. The second kappa shape index (κ2) is 7.44. The summed E-state index contributed by atoms with van der Waals surface area (Å²) in [4.78, 5) is 4.87. The van der Waals surface area contributed by atoms with Gasteiger partial charge in [-0.1, -0.05) is 18.2 Å². The van der Waals surface area contributed by atoms with Gasteiger partial charge in [-0.05, 0) is 57.5 Å². The molecule has 3 rings (SSSR count). The predicted octanol–water partition coefficient (Wildman–Crippen LogP) is 2.15. The molecule has 1 aromatic rings. The molecule has 0 unspecified atom stereocenters. The summed E-state index contributed by atoms with van der Waals surface area (Å²) < 4.78 is 0. The van der Waals surface area contributed by atoms with Gasteiger partial charge in [-0.3, -0.25) is 4.90 Å². The van der Waals surface area contributed by atoms with Crippen LogP contribution in [0.1, 0.15) is 31.2 Å². The van der Waals surface area contributed by atoms with Crippen LogP contribution in [0.15, 0.2) is 24.3 Å². The van der Waals surface area contributed by atoms with Gasteiger partial charge in [-0.15, -0.1) is 0 Å². The molecule has 0 atom stereocenters. The standard InChI is InChI=1S/C18H29N3O/c1-20-10-6-16(7-11-20)19-18-5-3-2-4-15(18)14-21-12-8-17(22)9-13-21/h2-5,16-17,19,22H,6-14H2,1H3. The molecule has 1 aromatic carbocycles. The van der Waals surface area contributed by atoms with Crippen molar-refractivity contribution in [3.63, 3.8) is 0 Å². The van der Waals surface area contributed by atoms with Gasteiger partial charge in [0.15, 0.2) is 0 Å². The molecule has 0 spiro atoms. The van der Waals surface area contributed by atoms with Crippen molar-refractivity contribution in [2.24, 2.45) is 0 Å². The first-order valence-electron chi connectivity index (χ1n) is 8.64. The average Bonchev–Trinajstić information content (AvgIpc) is 2.54. The van der Waals surface area contributed by atoms with Crippen LogP contribution in [0.4, 0.5) is 5.69 Å². The number of piperidine rings is 2. The maximum absolute atomic E-state index is 9.64. The highest BCUT2D eigenvalue weighted by molar-refractivity contribution is 5.51. The lowest BCUT2D eigenvalue weighted by Gasteiger charge is -2.32. The van der Waals surface area contributed by atoms with E-state index in [1.54, 1.807) is 0 Å². The van der Waals surface area contributed by atoms with Gasteiger partial charge in [0.25, 0.3) is 0 Å².